The fourth-order valence-corrected chi connectivity index (χ4v) is 3.09. The number of fused-ring (bicyclic) bond motifs is 1. The van der Waals surface area contributed by atoms with E-state index in [0.29, 0.717) is 6.04 Å². The molecule has 0 saturated heterocycles. The van der Waals surface area contributed by atoms with Gasteiger partial charge in [0.05, 0.1) is 6.04 Å². The van der Waals surface area contributed by atoms with Crippen molar-refractivity contribution in [2.24, 2.45) is 0 Å². The molecule has 3 rings (SSSR count). The van der Waals surface area contributed by atoms with Crippen LogP contribution in [-0.2, 0) is 6.42 Å². The second-order valence-corrected chi connectivity index (χ2v) is 6.31. The average molecular weight is 283 g/mol. The minimum Gasteiger partial charge on any atom is -0.361 e. The van der Waals surface area contributed by atoms with E-state index in [1.807, 2.05) is 0 Å². The van der Waals surface area contributed by atoms with Crippen LogP contribution in [0.5, 0.6) is 0 Å². The molecular formula is C18H25N3. The number of nitrogens with zero attached hydrogens (tertiary/aromatic N) is 2. The molecule has 0 fully saturated rings. The SMILES string of the molecule is CN(C)CCc1c[nH]c2ccc(C3C=CCCN3C)cc12. The van der Waals surface area contributed by atoms with Gasteiger partial charge in [0.1, 0.15) is 0 Å². The molecule has 1 N–H and O–H groups in total. The zero-order valence-corrected chi connectivity index (χ0v) is 13.3. The van der Waals surface area contributed by atoms with E-state index in [1.165, 1.54) is 22.0 Å². The highest BCUT2D eigenvalue weighted by Crippen LogP contribution is 2.28. The Kier molecular flexibility index (Phi) is 4.13. The number of likely N-dealkylation sites (N-methyl/N-ethyl adjacent to an activating group) is 2. The van der Waals surface area contributed by atoms with Crippen LogP contribution in [0.15, 0.2) is 36.5 Å². The molecule has 1 aliphatic rings. The van der Waals surface area contributed by atoms with Crippen LogP contribution in [-0.4, -0.2) is 49.0 Å². The van der Waals surface area contributed by atoms with E-state index in [-0.39, 0.29) is 0 Å². The van der Waals surface area contributed by atoms with Crippen molar-refractivity contribution >= 4 is 10.9 Å². The number of hydrogen-bond donors (Lipinski definition) is 1. The third kappa shape index (κ3) is 3.04. The van der Waals surface area contributed by atoms with E-state index in [4.69, 9.17) is 0 Å². The smallest absolute Gasteiger partial charge is 0.0529 e. The first kappa shape index (κ1) is 14.4. The summed E-state index contributed by atoms with van der Waals surface area (Å²) in [6.45, 7) is 2.22. The van der Waals surface area contributed by atoms with Crippen LogP contribution in [0.1, 0.15) is 23.6 Å². The fraction of sp³-hybridized carbons (Fsp3) is 0.444. The summed E-state index contributed by atoms with van der Waals surface area (Å²) in [7, 11) is 6.46. The average Bonchev–Trinajstić information content (AvgIpc) is 2.88. The molecule has 2 aromatic rings. The van der Waals surface area contributed by atoms with Gasteiger partial charge < -0.3 is 9.88 Å². The third-order valence-corrected chi connectivity index (χ3v) is 4.40. The zero-order chi connectivity index (χ0) is 14.8. The van der Waals surface area contributed by atoms with Gasteiger partial charge in [0.15, 0.2) is 0 Å². The Bertz CT molecular complexity index is 639. The molecule has 1 unspecified atom stereocenters. The molecule has 0 saturated carbocycles. The van der Waals surface area contributed by atoms with Crippen molar-refractivity contribution in [2.45, 2.75) is 18.9 Å². The monoisotopic (exact) mass is 283 g/mol. The number of hydrogen-bond acceptors (Lipinski definition) is 2. The standard InChI is InChI=1S/C18H25N3/c1-20(2)11-9-15-13-19-17-8-7-14(12-16(15)17)18-6-4-5-10-21(18)3/h4,6-8,12-13,18-19H,5,9-11H2,1-3H3. The summed E-state index contributed by atoms with van der Waals surface area (Å²) in [5, 5.41) is 1.38. The molecule has 0 aliphatic carbocycles. The number of H-pyrrole nitrogens is 1. The summed E-state index contributed by atoms with van der Waals surface area (Å²) in [5.74, 6) is 0. The highest BCUT2D eigenvalue weighted by Gasteiger charge is 2.17. The maximum atomic E-state index is 3.40. The Labute approximate surface area is 127 Å². The fourth-order valence-electron chi connectivity index (χ4n) is 3.09. The lowest BCUT2D eigenvalue weighted by atomic mass is 9.99. The van der Waals surface area contributed by atoms with Crippen LogP contribution in [0.3, 0.4) is 0 Å². The number of rotatable bonds is 4. The van der Waals surface area contributed by atoms with Crippen LogP contribution in [0.2, 0.25) is 0 Å². The van der Waals surface area contributed by atoms with E-state index < -0.39 is 0 Å². The van der Waals surface area contributed by atoms with Gasteiger partial charge in [0.2, 0.25) is 0 Å². The van der Waals surface area contributed by atoms with Gasteiger partial charge in [-0.2, -0.15) is 0 Å². The first-order valence-corrected chi connectivity index (χ1v) is 7.76. The molecular weight excluding hydrogens is 258 g/mol. The summed E-state index contributed by atoms with van der Waals surface area (Å²) in [5.41, 5.74) is 4.06. The first-order valence-electron chi connectivity index (χ1n) is 7.76. The summed E-state index contributed by atoms with van der Waals surface area (Å²) < 4.78 is 0. The van der Waals surface area contributed by atoms with E-state index in [0.717, 1.165) is 25.9 Å². The van der Waals surface area contributed by atoms with Gasteiger partial charge in [-0.3, -0.25) is 4.90 Å². The second kappa shape index (κ2) is 6.04. The predicted molar refractivity (Wildman–Crippen MR) is 89.7 cm³/mol. The quantitative estimate of drug-likeness (QED) is 0.871. The lowest BCUT2D eigenvalue weighted by Gasteiger charge is -2.28. The van der Waals surface area contributed by atoms with Gasteiger partial charge in [-0.05, 0) is 57.2 Å². The topological polar surface area (TPSA) is 22.3 Å². The van der Waals surface area contributed by atoms with Crippen LogP contribution in [0.25, 0.3) is 10.9 Å². The van der Waals surface area contributed by atoms with Crippen molar-refractivity contribution in [1.29, 1.82) is 0 Å². The van der Waals surface area contributed by atoms with E-state index in [2.05, 4.69) is 72.5 Å². The molecule has 1 aliphatic heterocycles. The lowest BCUT2D eigenvalue weighted by molar-refractivity contribution is 0.279. The minimum absolute atomic E-state index is 0.416. The molecule has 3 heteroatoms. The van der Waals surface area contributed by atoms with Gasteiger partial charge >= 0.3 is 0 Å². The highest BCUT2D eigenvalue weighted by atomic mass is 15.1. The van der Waals surface area contributed by atoms with Crippen LogP contribution in [0.4, 0.5) is 0 Å². The Hall–Kier alpha value is -1.58. The van der Waals surface area contributed by atoms with Crippen molar-refractivity contribution in [2.75, 3.05) is 34.2 Å². The molecule has 1 aromatic carbocycles. The molecule has 0 bridgehead atoms. The van der Waals surface area contributed by atoms with E-state index in [9.17, 15) is 0 Å². The summed E-state index contributed by atoms with van der Waals surface area (Å²) in [6.07, 6.45) is 9.05. The Morgan fingerprint density at radius 1 is 1.33 bits per heavy atom. The molecule has 0 radical (unpaired) electrons. The first-order chi connectivity index (χ1) is 10.1. The predicted octanol–water partition coefficient (Wildman–Crippen LogP) is 3.20. The van der Waals surface area contributed by atoms with Gasteiger partial charge in [-0.1, -0.05) is 18.2 Å². The molecule has 1 aromatic heterocycles. The van der Waals surface area contributed by atoms with Crippen LogP contribution < -0.4 is 0 Å². The van der Waals surface area contributed by atoms with Gasteiger partial charge in [-0.25, -0.2) is 0 Å². The highest BCUT2D eigenvalue weighted by molar-refractivity contribution is 5.84. The van der Waals surface area contributed by atoms with Crippen LogP contribution in [0, 0.1) is 0 Å². The third-order valence-electron chi connectivity index (χ3n) is 4.40. The van der Waals surface area contributed by atoms with Gasteiger partial charge in [0, 0.05) is 30.2 Å². The Balaban J connectivity index is 1.92. The maximum absolute atomic E-state index is 3.40. The molecule has 112 valence electrons. The van der Waals surface area contributed by atoms with Crippen LogP contribution >= 0.6 is 0 Å². The zero-order valence-electron chi connectivity index (χ0n) is 13.3. The number of nitrogens with one attached hydrogen (secondary N) is 1. The van der Waals surface area contributed by atoms with Crippen molar-refractivity contribution in [1.82, 2.24) is 14.8 Å². The summed E-state index contributed by atoms with van der Waals surface area (Å²) >= 11 is 0. The maximum Gasteiger partial charge on any atom is 0.0529 e. The normalized spacial score (nSPS) is 19.7. The van der Waals surface area contributed by atoms with Crippen molar-refractivity contribution in [3.8, 4) is 0 Å². The number of benzene rings is 1. The van der Waals surface area contributed by atoms with Gasteiger partial charge in [-0.15, -0.1) is 0 Å². The van der Waals surface area contributed by atoms with E-state index >= 15 is 0 Å². The molecule has 3 nitrogen and oxygen atoms in total. The molecule has 2 heterocycles. The Morgan fingerprint density at radius 3 is 2.95 bits per heavy atom. The Morgan fingerprint density at radius 2 is 2.19 bits per heavy atom. The number of aromatic nitrogens is 1. The summed E-state index contributed by atoms with van der Waals surface area (Å²) in [6, 6.07) is 7.26. The number of aromatic amines is 1. The molecule has 1 atom stereocenters. The second-order valence-electron chi connectivity index (χ2n) is 6.31. The summed E-state index contributed by atoms with van der Waals surface area (Å²) in [4.78, 5) is 8.06. The van der Waals surface area contributed by atoms with Crippen molar-refractivity contribution in [3.05, 3.63) is 47.7 Å². The molecule has 21 heavy (non-hydrogen) atoms. The van der Waals surface area contributed by atoms with Crippen molar-refractivity contribution < 1.29 is 0 Å². The largest absolute Gasteiger partial charge is 0.361 e. The van der Waals surface area contributed by atoms with Gasteiger partial charge in [0.25, 0.3) is 0 Å². The van der Waals surface area contributed by atoms with Crippen molar-refractivity contribution in [3.63, 3.8) is 0 Å². The van der Waals surface area contributed by atoms with E-state index in [1.54, 1.807) is 0 Å². The minimum atomic E-state index is 0.416. The molecule has 0 amide bonds. The molecule has 0 spiro atoms. The lowest BCUT2D eigenvalue weighted by Crippen LogP contribution is -2.26.